The Labute approximate surface area is 395 Å². The topological polar surface area (TPSA) is 101 Å². The lowest BCUT2D eigenvalue weighted by atomic mass is 10.1. The lowest BCUT2D eigenvalue weighted by molar-refractivity contribution is 0.597. The SMILES string of the molecule is CCc1nc2ccc(C3=CCS(=O)(=O)CC3)cn2c1N(C)c1nc(-c2ccc(Cl)cc2)cs1.CCc1nc2ccc(C3=CCSCC3)cn2c1N(C)c1nc(-c2ccc(Cl)cc2)cs1. The number of rotatable bonds is 10. The van der Waals surface area contributed by atoms with Gasteiger partial charge in [0.05, 0.1) is 34.3 Å². The van der Waals surface area contributed by atoms with Crippen LogP contribution in [-0.2, 0) is 22.7 Å². The molecule has 0 fully saturated rings. The first-order valence-electron chi connectivity index (χ1n) is 21.1. The largest absolute Gasteiger partial charge is 0.305 e. The van der Waals surface area contributed by atoms with E-state index < -0.39 is 9.84 Å². The second kappa shape index (κ2) is 18.9. The van der Waals surface area contributed by atoms with Crippen molar-refractivity contribution in [3.8, 4) is 22.5 Å². The number of benzene rings is 2. The third-order valence-electron chi connectivity index (χ3n) is 11.4. The lowest BCUT2D eigenvalue weighted by Crippen LogP contribution is -2.15. The van der Waals surface area contributed by atoms with E-state index in [0.717, 1.165) is 108 Å². The summed E-state index contributed by atoms with van der Waals surface area (Å²) in [5.74, 6) is 4.63. The number of fused-ring (bicyclic) bond motifs is 2. The third-order valence-corrected chi connectivity index (χ3v) is 16.2. The maximum absolute atomic E-state index is 11.8. The highest BCUT2D eigenvalue weighted by Crippen LogP contribution is 2.37. The number of thiazole rings is 2. The Morgan fingerprint density at radius 3 is 1.52 bits per heavy atom. The molecule has 0 unspecified atom stereocenters. The van der Waals surface area contributed by atoms with Gasteiger partial charge in [-0.1, -0.05) is 73.5 Å². The van der Waals surface area contributed by atoms with Crippen LogP contribution in [0.2, 0.25) is 10.0 Å². The fraction of sp³-hybridized carbons (Fsp3) is 0.250. The van der Waals surface area contributed by atoms with Crippen LogP contribution in [0.3, 0.4) is 0 Å². The van der Waals surface area contributed by atoms with E-state index in [4.69, 9.17) is 43.1 Å². The number of nitrogens with zero attached hydrogens (tertiary/aromatic N) is 8. The Morgan fingerprint density at radius 1 is 0.625 bits per heavy atom. The van der Waals surface area contributed by atoms with E-state index >= 15 is 0 Å². The molecule has 2 aliphatic heterocycles. The molecule has 0 saturated carbocycles. The number of imidazole rings is 2. The molecule has 6 aromatic heterocycles. The molecule has 0 saturated heterocycles. The number of aromatic nitrogens is 6. The molecule has 0 atom stereocenters. The van der Waals surface area contributed by atoms with Gasteiger partial charge >= 0.3 is 0 Å². The number of aryl methyl sites for hydroxylation is 2. The monoisotopic (exact) mass is 964 g/mol. The second-order valence-electron chi connectivity index (χ2n) is 15.6. The van der Waals surface area contributed by atoms with Crippen molar-refractivity contribution in [2.24, 2.45) is 0 Å². The van der Waals surface area contributed by atoms with Crippen molar-refractivity contribution in [1.29, 1.82) is 0 Å². The van der Waals surface area contributed by atoms with Gasteiger partial charge in [-0.2, -0.15) is 11.8 Å². The Hall–Kier alpha value is -4.96. The van der Waals surface area contributed by atoms with E-state index in [-0.39, 0.29) is 11.5 Å². The molecule has 64 heavy (non-hydrogen) atoms. The van der Waals surface area contributed by atoms with Gasteiger partial charge in [0.2, 0.25) is 0 Å². The molecule has 8 aromatic rings. The molecular formula is C48H46Cl2N8O2S4. The molecule has 10 rings (SSSR count). The van der Waals surface area contributed by atoms with Gasteiger partial charge in [-0.3, -0.25) is 8.80 Å². The van der Waals surface area contributed by atoms with Crippen LogP contribution in [0.25, 0.3) is 45.0 Å². The highest BCUT2D eigenvalue weighted by Gasteiger charge is 2.23. The Morgan fingerprint density at radius 2 is 1.09 bits per heavy atom. The van der Waals surface area contributed by atoms with E-state index in [9.17, 15) is 8.42 Å². The fourth-order valence-corrected chi connectivity index (χ4v) is 11.8. The minimum atomic E-state index is -2.96. The molecule has 2 aromatic carbocycles. The lowest BCUT2D eigenvalue weighted by Gasteiger charge is -2.18. The number of sulfone groups is 1. The van der Waals surface area contributed by atoms with Crippen molar-refractivity contribution in [1.82, 2.24) is 28.7 Å². The summed E-state index contributed by atoms with van der Waals surface area (Å²) in [7, 11) is 1.12. The number of hydrogen-bond donors (Lipinski definition) is 0. The predicted molar refractivity (Wildman–Crippen MR) is 272 cm³/mol. The van der Waals surface area contributed by atoms with Gasteiger partial charge in [-0.05, 0) is 102 Å². The summed E-state index contributed by atoms with van der Waals surface area (Å²) < 4.78 is 28.0. The van der Waals surface area contributed by atoms with Crippen LogP contribution in [-0.4, -0.2) is 74.3 Å². The van der Waals surface area contributed by atoms with Gasteiger partial charge < -0.3 is 9.80 Å². The van der Waals surface area contributed by atoms with Crippen molar-refractivity contribution in [3.63, 3.8) is 0 Å². The number of anilines is 4. The zero-order valence-electron chi connectivity index (χ0n) is 35.8. The number of allylic oxidation sites excluding steroid dienone is 2. The summed E-state index contributed by atoms with van der Waals surface area (Å²) in [4.78, 5) is 23.7. The molecule has 0 radical (unpaired) electrons. The smallest absolute Gasteiger partial charge is 0.191 e. The van der Waals surface area contributed by atoms with Crippen molar-refractivity contribution in [3.05, 3.63) is 141 Å². The average Bonchev–Trinajstić information content (AvgIpc) is 4.14. The zero-order valence-corrected chi connectivity index (χ0v) is 40.6. The standard InChI is InChI=1S/C24H23ClN4O2S2.C24H23ClN4S2/c1-3-20-23(28(2)24-27-21(15-32-24)17-4-7-19(25)8-5-17)29-14-18(6-9-22(29)26-20)16-10-12-33(30,31)13-11-16;1-3-20-23(28(2)24-27-21(15-31-24)17-4-7-19(25)8-5-17)29-14-18(6-9-22(29)26-20)16-10-12-30-13-11-16/h4-10,14-15H,3,11-13H2,1-2H3;4-10,14-15H,3,11-13H2,1-2H3. The normalized spacial score (nSPS) is 14.8. The van der Waals surface area contributed by atoms with Gasteiger partial charge in [0.1, 0.15) is 22.9 Å². The number of hydrogen-bond acceptors (Lipinski definition) is 11. The molecule has 10 nitrogen and oxygen atoms in total. The number of pyridine rings is 2. The van der Waals surface area contributed by atoms with Crippen LogP contribution in [0.5, 0.6) is 0 Å². The molecule has 0 aliphatic carbocycles. The van der Waals surface area contributed by atoms with Crippen molar-refractivity contribution in [2.45, 2.75) is 39.5 Å². The van der Waals surface area contributed by atoms with Gasteiger partial charge in [0, 0.05) is 64.2 Å². The molecule has 0 amide bonds. The van der Waals surface area contributed by atoms with Crippen LogP contribution >= 0.6 is 57.6 Å². The zero-order chi connectivity index (χ0) is 44.5. The maximum Gasteiger partial charge on any atom is 0.191 e. The summed E-state index contributed by atoms with van der Waals surface area (Å²) in [5.41, 5.74) is 12.6. The summed E-state index contributed by atoms with van der Waals surface area (Å²) in [6.07, 6.45) is 11.8. The first-order valence-corrected chi connectivity index (χ1v) is 26.6. The van der Waals surface area contributed by atoms with Gasteiger partial charge in [-0.15, -0.1) is 22.7 Å². The molecule has 16 heteroatoms. The molecule has 0 N–H and O–H groups in total. The van der Waals surface area contributed by atoms with Crippen molar-refractivity contribution in [2.75, 3.05) is 46.9 Å². The van der Waals surface area contributed by atoms with Crippen molar-refractivity contribution >= 4 is 112 Å². The third kappa shape index (κ3) is 9.27. The van der Waals surface area contributed by atoms with E-state index in [1.807, 2.05) is 90.9 Å². The minimum Gasteiger partial charge on any atom is -0.305 e. The van der Waals surface area contributed by atoms with E-state index in [1.54, 1.807) is 22.7 Å². The first kappa shape index (κ1) is 44.3. The van der Waals surface area contributed by atoms with E-state index in [1.165, 1.54) is 16.9 Å². The second-order valence-corrected chi connectivity index (χ2v) is 21.5. The molecule has 328 valence electrons. The first-order chi connectivity index (χ1) is 31.0. The Balaban J connectivity index is 0.000000162. The number of thioether (sulfide) groups is 1. The van der Waals surface area contributed by atoms with Crippen LogP contribution in [0, 0.1) is 0 Å². The van der Waals surface area contributed by atoms with Gasteiger partial charge in [-0.25, -0.2) is 28.4 Å². The van der Waals surface area contributed by atoms with Crippen molar-refractivity contribution < 1.29 is 8.42 Å². The van der Waals surface area contributed by atoms with Gasteiger partial charge in [0.25, 0.3) is 0 Å². The van der Waals surface area contributed by atoms with Crippen LogP contribution < -0.4 is 9.80 Å². The fourth-order valence-electron chi connectivity index (χ4n) is 7.98. The molecule has 2 aliphatic rings. The summed E-state index contributed by atoms with van der Waals surface area (Å²) in [5, 5.41) is 7.39. The summed E-state index contributed by atoms with van der Waals surface area (Å²) in [6, 6.07) is 23.9. The molecule has 0 bridgehead atoms. The van der Waals surface area contributed by atoms with E-state index in [0.29, 0.717) is 11.4 Å². The summed E-state index contributed by atoms with van der Waals surface area (Å²) in [6.45, 7) is 4.25. The Kier molecular flexibility index (Phi) is 13.0. The number of halogens is 2. The molecule has 8 heterocycles. The predicted octanol–water partition coefficient (Wildman–Crippen LogP) is 12.6. The van der Waals surface area contributed by atoms with Crippen LogP contribution in [0.4, 0.5) is 21.9 Å². The van der Waals surface area contributed by atoms with E-state index in [2.05, 4.69) is 75.5 Å². The Bertz CT molecular complexity index is 3150. The highest BCUT2D eigenvalue weighted by molar-refractivity contribution is 7.99. The van der Waals surface area contributed by atoms with Crippen LogP contribution in [0.15, 0.2) is 108 Å². The quantitative estimate of drug-likeness (QED) is 0.133. The summed E-state index contributed by atoms with van der Waals surface area (Å²) >= 11 is 17.3. The van der Waals surface area contributed by atoms with Crippen LogP contribution in [0.1, 0.15) is 49.2 Å². The van der Waals surface area contributed by atoms with Gasteiger partial charge in [0.15, 0.2) is 20.1 Å². The average molecular weight is 966 g/mol. The highest BCUT2D eigenvalue weighted by atomic mass is 35.5. The molecular weight excluding hydrogens is 920 g/mol. The minimum absolute atomic E-state index is 0.101. The molecule has 0 spiro atoms. The maximum atomic E-state index is 11.8.